The Hall–Kier alpha value is -1.42. The Balaban J connectivity index is 0.00000280. The van der Waals surface area contributed by atoms with E-state index in [9.17, 15) is 0 Å². The SMILES string of the molecule is CCCN1CCC(NC(=NCCOc2ccc3c(c2)OCO3)NCC)CC1.I. The highest BCUT2D eigenvalue weighted by Gasteiger charge is 2.19. The van der Waals surface area contributed by atoms with Gasteiger partial charge in [0.2, 0.25) is 6.79 Å². The van der Waals surface area contributed by atoms with Gasteiger partial charge in [0.1, 0.15) is 12.4 Å². The van der Waals surface area contributed by atoms with Gasteiger partial charge in [-0.2, -0.15) is 0 Å². The normalized spacial score (nSPS) is 17.1. The van der Waals surface area contributed by atoms with Crippen LogP contribution in [-0.4, -0.2) is 63.0 Å². The van der Waals surface area contributed by atoms with Crippen molar-refractivity contribution in [3.05, 3.63) is 18.2 Å². The molecule has 0 radical (unpaired) electrons. The third-order valence-corrected chi connectivity index (χ3v) is 4.79. The lowest BCUT2D eigenvalue weighted by Crippen LogP contribution is -2.48. The molecule has 7 nitrogen and oxygen atoms in total. The maximum Gasteiger partial charge on any atom is 0.231 e. The smallest absolute Gasteiger partial charge is 0.231 e. The molecule has 0 aromatic heterocycles. The fourth-order valence-electron chi connectivity index (χ4n) is 3.42. The van der Waals surface area contributed by atoms with Crippen LogP contribution >= 0.6 is 24.0 Å². The zero-order chi connectivity index (χ0) is 18.9. The molecule has 0 saturated carbocycles. The number of guanidine groups is 1. The second-order valence-electron chi connectivity index (χ2n) is 6.88. The first-order chi connectivity index (χ1) is 13.3. The van der Waals surface area contributed by atoms with Crippen molar-refractivity contribution in [2.45, 2.75) is 39.2 Å². The molecule has 2 N–H and O–H groups in total. The summed E-state index contributed by atoms with van der Waals surface area (Å²) in [6, 6.07) is 6.12. The monoisotopic (exact) mass is 504 g/mol. The summed E-state index contributed by atoms with van der Waals surface area (Å²) in [7, 11) is 0. The summed E-state index contributed by atoms with van der Waals surface area (Å²) in [4.78, 5) is 7.19. The Morgan fingerprint density at radius 3 is 2.75 bits per heavy atom. The zero-order valence-corrected chi connectivity index (χ0v) is 19.2. The van der Waals surface area contributed by atoms with Gasteiger partial charge < -0.3 is 29.7 Å². The quantitative estimate of drug-likeness (QED) is 0.246. The van der Waals surface area contributed by atoms with E-state index in [1.54, 1.807) is 0 Å². The Kier molecular flexibility index (Phi) is 9.97. The highest BCUT2D eigenvalue weighted by atomic mass is 127. The van der Waals surface area contributed by atoms with Crippen LogP contribution in [0.1, 0.15) is 33.1 Å². The molecule has 0 bridgehead atoms. The van der Waals surface area contributed by atoms with E-state index in [0.29, 0.717) is 19.2 Å². The molecule has 0 spiro atoms. The molecule has 0 amide bonds. The van der Waals surface area contributed by atoms with Crippen molar-refractivity contribution in [3.8, 4) is 17.2 Å². The Bertz CT molecular complexity index is 621. The van der Waals surface area contributed by atoms with Crippen LogP contribution in [0.15, 0.2) is 23.2 Å². The predicted molar refractivity (Wildman–Crippen MR) is 122 cm³/mol. The third-order valence-electron chi connectivity index (χ3n) is 4.79. The summed E-state index contributed by atoms with van der Waals surface area (Å²) >= 11 is 0. The number of piperidine rings is 1. The first-order valence-electron chi connectivity index (χ1n) is 10.1. The summed E-state index contributed by atoms with van der Waals surface area (Å²) in [5.41, 5.74) is 0. The lowest BCUT2D eigenvalue weighted by Gasteiger charge is -2.32. The number of aliphatic imine (C=N–C) groups is 1. The molecule has 2 heterocycles. The number of hydrogen-bond donors (Lipinski definition) is 2. The second kappa shape index (κ2) is 12.2. The maximum atomic E-state index is 5.79. The number of benzene rings is 1. The average molecular weight is 504 g/mol. The number of ether oxygens (including phenoxy) is 3. The van der Waals surface area contributed by atoms with E-state index in [4.69, 9.17) is 14.2 Å². The van der Waals surface area contributed by atoms with Crippen LogP contribution in [0.25, 0.3) is 0 Å². The second-order valence-corrected chi connectivity index (χ2v) is 6.88. The van der Waals surface area contributed by atoms with Crippen molar-refractivity contribution in [2.24, 2.45) is 4.99 Å². The van der Waals surface area contributed by atoms with Crippen molar-refractivity contribution in [2.75, 3.05) is 46.1 Å². The van der Waals surface area contributed by atoms with E-state index in [0.717, 1.165) is 55.7 Å². The summed E-state index contributed by atoms with van der Waals surface area (Å²) in [6.45, 7) is 10.1. The van der Waals surface area contributed by atoms with Crippen LogP contribution in [0, 0.1) is 0 Å². The first kappa shape index (κ1) is 22.9. The molecule has 2 aliphatic heterocycles. The van der Waals surface area contributed by atoms with E-state index in [1.807, 2.05) is 18.2 Å². The summed E-state index contributed by atoms with van der Waals surface area (Å²) in [5.74, 6) is 3.15. The van der Waals surface area contributed by atoms with Crippen LogP contribution in [0.5, 0.6) is 17.2 Å². The summed E-state index contributed by atoms with van der Waals surface area (Å²) in [5, 5.41) is 6.90. The van der Waals surface area contributed by atoms with Crippen LogP contribution in [0.3, 0.4) is 0 Å². The van der Waals surface area contributed by atoms with Gasteiger partial charge in [-0.1, -0.05) is 6.92 Å². The van der Waals surface area contributed by atoms with E-state index in [-0.39, 0.29) is 30.8 Å². The Labute approximate surface area is 185 Å². The van der Waals surface area contributed by atoms with E-state index >= 15 is 0 Å². The van der Waals surface area contributed by atoms with Crippen molar-refractivity contribution in [3.63, 3.8) is 0 Å². The number of likely N-dealkylation sites (tertiary alicyclic amines) is 1. The highest BCUT2D eigenvalue weighted by Crippen LogP contribution is 2.34. The molecular weight excluding hydrogens is 471 g/mol. The molecule has 2 aliphatic rings. The van der Waals surface area contributed by atoms with Gasteiger partial charge in [0.05, 0.1) is 6.54 Å². The predicted octanol–water partition coefficient (Wildman–Crippen LogP) is 2.84. The van der Waals surface area contributed by atoms with Crippen LogP contribution in [-0.2, 0) is 0 Å². The van der Waals surface area contributed by atoms with Gasteiger partial charge in [0.25, 0.3) is 0 Å². The third kappa shape index (κ3) is 6.88. The topological polar surface area (TPSA) is 67.4 Å². The summed E-state index contributed by atoms with van der Waals surface area (Å²) in [6.07, 6.45) is 3.56. The largest absolute Gasteiger partial charge is 0.492 e. The van der Waals surface area contributed by atoms with Crippen molar-refractivity contribution < 1.29 is 14.2 Å². The molecule has 0 atom stereocenters. The van der Waals surface area contributed by atoms with Crippen LogP contribution in [0.4, 0.5) is 0 Å². The van der Waals surface area contributed by atoms with Crippen molar-refractivity contribution in [1.82, 2.24) is 15.5 Å². The molecule has 3 rings (SSSR count). The molecule has 1 aromatic rings. The van der Waals surface area contributed by atoms with Crippen LogP contribution < -0.4 is 24.8 Å². The molecule has 8 heteroatoms. The van der Waals surface area contributed by atoms with Gasteiger partial charge in [-0.05, 0) is 44.9 Å². The highest BCUT2D eigenvalue weighted by molar-refractivity contribution is 14.0. The fourth-order valence-corrected chi connectivity index (χ4v) is 3.42. The van der Waals surface area contributed by atoms with Crippen molar-refractivity contribution >= 4 is 29.9 Å². The number of nitrogens with zero attached hydrogens (tertiary/aromatic N) is 2. The summed E-state index contributed by atoms with van der Waals surface area (Å²) < 4.78 is 16.5. The standard InChI is InChI=1S/C20H32N4O3.HI/c1-3-10-24-11-7-16(8-12-24)23-20(21-4-2)22-9-13-25-17-5-6-18-19(14-17)27-15-26-18;/h5-6,14,16H,3-4,7-13,15H2,1-2H3,(H2,21,22,23);1H. The van der Waals surface area contributed by atoms with Gasteiger partial charge in [-0.3, -0.25) is 0 Å². The number of nitrogens with one attached hydrogen (secondary N) is 2. The number of rotatable bonds is 8. The molecule has 1 fully saturated rings. The van der Waals surface area contributed by atoms with Gasteiger partial charge in [-0.15, -0.1) is 24.0 Å². The van der Waals surface area contributed by atoms with E-state index in [2.05, 4.69) is 34.4 Å². The van der Waals surface area contributed by atoms with Gasteiger partial charge in [0, 0.05) is 31.7 Å². The Morgan fingerprint density at radius 2 is 2.00 bits per heavy atom. The van der Waals surface area contributed by atoms with Gasteiger partial charge in [-0.25, -0.2) is 4.99 Å². The molecule has 1 aromatic carbocycles. The first-order valence-corrected chi connectivity index (χ1v) is 10.1. The lowest BCUT2D eigenvalue weighted by atomic mass is 10.1. The molecule has 1 saturated heterocycles. The minimum Gasteiger partial charge on any atom is -0.492 e. The molecule has 28 heavy (non-hydrogen) atoms. The van der Waals surface area contributed by atoms with Crippen molar-refractivity contribution in [1.29, 1.82) is 0 Å². The average Bonchev–Trinajstić information content (AvgIpc) is 3.15. The van der Waals surface area contributed by atoms with Gasteiger partial charge >= 0.3 is 0 Å². The zero-order valence-electron chi connectivity index (χ0n) is 16.9. The minimum atomic E-state index is 0. The minimum absolute atomic E-state index is 0. The Morgan fingerprint density at radius 1 is 1.21 bits per heavy atom. The number of hydrogen-bond acceptors (Lipinski definition) is 5. The number of fused-ring (bicyclic) bond motifs is 1. The van der Waals surface area contributed by atoms with Gasteiger partial charge in [0.15, 0.2) is 17.5 Å². The lowest BCUT2D eigenvalue weighted by molar-refractivity contribution is 0.173. The molecule has 0 aliphatic carbocycles. The fraction of sp³-hybridized carbons (Fsp3) is 0.650. The molecule has 0 unspecified atom stereocenters. The number of halogens is 1. The van der Waals surface area contributed by atoms with E-state index in [1.165, 1.54) is 13.0 Å². The van der Waals surface area contributed by atoms with Crippen LogP contribution in [0.2, 0.25) is 0 Å². The van der Waals surface area contributed by atoms with E-state index < -0.39 is 0 Å². The maximum absolute atomic E-state index is 5.79. The molecular formula is C20H33IN4O3. The molecule has 158 valence electrons.